The zero-order valence-corrected chi connectivity index (χ0v) is 17.1. The lowest BCUT2D eigenvalue weighted by Crippen LogP contribution is -2.69. The zero-order valence-electron chi connectivity index (χ0n) is 17.1. The largest absolute Gasteiger partial charge is 0.395 e. The van der Waals surface area contributed by atoms with E-state index in [4.69, 9.17) is 4.74 Å². The summed E-state index contributed by atoms with van der Waals surface area (Å²) in [6.45, 7) is 3.08. The van der Waals surface area contributed by atoms with Crippen molar-refractivity contribution < 1.29 is 14.6 Å². The van der Waals surface area contributed by atoms with Gasteiger partial charge in [-0.1, -0.05) is 18.2 Å². The van der Waals surface area contributed by atoms with Crippen LogP contribution in [0.1, 0.15) is 30.5 Å². The molecule has 6 heteroatoms. The molecule has 0 radical (unpaired) electrons. The number of piperidine rings is 2. The zero-order chi connectivity index (χ0) is 20.0. The molecule has 4 heterocycles. The van der Waals surface area contributed by atoms with Crippen molar-refractivity contribution in [1.29, 1.82) is 0 Å². The highest BCUT2D eigenvalue weighted by Gasteiger charge is 2.61. The number of hydrogen-bond donors (Lipinski definition) is 3. The molecule has 2 unspecified atom stereocenters. The molecule has 1 aliphatic carbocycles. The van der Waals surface area contributed by atoms with Crippen LogP contribution in [0.3, 0.4) is 0 Å². The predicted octanol–water partition coefficient (Wildman–Crippen LogP) is 1.82. The normalized spacial score (nSPS) is 32.8. The summed E-state index contributed by atoms with van der Waals surface area (Å²) in [5.41, 5.74) is 2.96. The third-order valence-corrected chi connectivity index (χ3v) is 7.49. The van der Waals surface area contributed by atoms with Crippen LogP contribution >= 0.6 is 0 Å². The van der Waals surface area contributed by atoms with Gasteiger partial charge in [-0.25, -0.2) is 0 Å². The molecule has 3 fully saturated rings. The fourth-order valence-corrected chi connectivity index (χ4v) is 6.60. The maximum absolute atomic E-state index is 13.8. The van der Waals surface area contributed by atoms with E-state index in [1.807, 2.05) is 0 Å². The topological polar surface area (TPSA) is 77.6 Å². The molecule has 3 aliphatic heterocycles. The number of rotatable bonds is 6. The molecule has 1 amide bonds. The highest BCUT2D eigenvalue weighted by atomic mass is 16.5. The Morgan fingerprint density at radius 3 is 3.10 bits per heavy atom. The van der Waals surface area contributed by atoms with E-state index in [9.17, 15) is 9.90 Å². The van der Waals surface area contributed by atoms with Crippen LogP contribution < -0.4 is 5.32 Å². The molecule has 5 atom stereocenters. The van der Waals surface area contributed by atoms with E-state index >= 15 is 0 Å². The Hall–Kier alpha value is -1.89. The van der Waals surface area contributed by atoms with Gasteiger partial charge in [0.15, 0.2) is 0 Å². The van der Waals surface area contributed by atoms with Crippen molar-refractivity contribution in [2.75, 3.05) is 40.0 Å². The van der Waals surface area contributed by atoms with Crippen molar-refractivity contribution >= 4 is 16.8 Å². The first-order valence-corrected chi connectivity index (χ1v) is 10.9. The van der Waals surface area contributed by atoms with Gasteiger partial charge < -0.3 is 20.1 Å². The molecular weight excluding hydrogens is 366 g/mol. The molecule has 1 aromatic carbocycles. The fraction of sp³-hybridized carbons (Fsp3) is 0.609. The van der Waals surface area contributed by atoms with Crippen molar-refractivity contribution in [3.05, 3.63) is 35.5 Å². The molecule has 4 aliphatic rings. The molecule has 156 valence electrons. The standard InChI is InChI=1S/C23H31N3O3/c1-29-11-7-16-12-15-13-23(22(28)24-8-10-27)20-18(6-9-26(14-15)21(16)23)17-4-2-3-5-19(17)25-20/h2-5,15-16,21,25,27H,6-14H2,1H3,(H,24,28)/t15?,16-,21-,23+/m0/s1. The molecule has 2 aromatic rings. The van der Waals surface area contributed by atoms with Crippen LogP contribution in [0.2, 0.25) is 0 Å². The van der Waals surface area contributed by atoms with E-state index in [-0.39, 0.29) is 18.6 Å². The first-order chi connectivity index (χ1) is 14.2. The van der Waals surface area contributed by atoms with Crippen LogP contribution in [0.25, 0.3) is 10.9 Å². The Labute approximate surface area is 171 Å². The lowest BCUT2D eigenvalue weighted by atomic mass is 9.56. The van der Waals surface area contributed by atoms with Gasteiger partial charge in [-0.15, -0.1) is 0 Å². The third-order valence-electron chi connectivity index (χ3n) is 7.49. The summed E-state index contributed by atoms with van der Waals surface area (Å²) >= 11 is 0. The van der Waals surface area contributed by atoms with E-state index in [1.54, 1.807) is 7.11 Å². The van der Waals surface area contributed by atoms with E-state index in [1.165, 1.54) is 17.4 Å². The highest BCUT2D eigenvalue weighted by Crippen LogP contribution is 2.55. The maximum Gasteiger partial charge on any atom is 0.233 e. The minimum absolute atomic E-state index is 0.0354. The van der Waals surface area contributed by atoms with Gasteiger partial charge in [-0.05, 0) is 49.1 Å². The van der Waals surface area contributed by atoms with E-state index in [2.05, 4.69) is 39.5 Å². The minimum atomic E-state index is -0.584. The monoisotopic (exact) mass is 397 g/mol. The Morgan fingerprint density at radius 2 is 2.28 bits per heavy atom. The van der Waals surface area contributed by atoms with Gasteiger partial charge in [0, 0.05) is 56.0 Å². The Kier molecular flexibility index (Phi) is 4.88. The van der Waals surface area contributed by atoms with Crippen LogP contribution in [0.5, 0.6) is 0 Å². The number of aliphatic hydroxyl groups is 1. The number of aromatic amines is 1. The van der Waals surface area contributed by atoms with Crippen LogP contribution in [0.4, 0.5) is 0 Å². The Bertz CT molecular complexity index is 910. The summed E-state index contributed by atoms with van der Waals surface area (Å²) in [6, 6.07) is 8.60. The molecule has 6 rings (SSSR count). The summed E-state index contributed by atoms with van der Waals surface area (Å²) in [6.07, 6.45) is 4.01. The number of benzene rings is 1. The number of para-hydroxylation sites is 1. The number of nitrogens with one attached hydrogen (secondary N) is 2. The molecule has 29 heavy (non-hydrogen) atoms. The summed E-state index contributed by atoms with van der Waals surface area (Å²) in [7, 11) is 1.76. The molecule has 1 aromatic heterocycles. The van der Waals surface area contributed by atoms with Crippen molar-refractivity contribution in [3.8, 4) is 0 Å². The summed E-state index contributed by atoms with van der Waals surface area (Å²) in [5, 5.41) is 13.7. The molecule has 0 spiro atoms. The Balaban J connectivity index is 1.68. The number of amides is 1. The quantitative estimate of drug-likeness (QED) is 0.695. The first-order valence-electron chi connectivity index (χ1n) is 10.9. The SMILES string of the molecule is COCC[C@H]1CC2CN3CCc4c([nH]c5ccccc45)[C@](C(=O)NCCO)(C2)[C@H]13. The number of aliphatic hydroxyl groups excluding tert-OH is 1. The summed E-state index contributed by atoms with van der Waals surface area (Å²) in [5.74, 6) is 1.03. The van der Waals surface area contributed by atoms with E-state index in [0.717, 1.165) is 50.2 Å². The van der Waals surface area contributed by atoms with E-state index in [0.29, 0.717) is 18.4 Å². The average molecular weight is 398 g/mol. The van der Waals surface area contributed by atoms with Gasteiger partial charge >= 0.3 is 0 Å². The molecule has 6 nitrogen and oxygen atoms in total. The first kappa shape index (κ1) is 19.1. The number of methoxy groups -OCH3 is 1. The van der Waals surface area contributed by atoms with Crippen molar-refractivity contribution in [2.24, 2.45) is 11.8 Å². The van der Waals surface area contributed by atoms with Crippen molar-refractivity contribution in [2.45, 2.75) is 37.1 Å². The number of ether oxygens (including phenoxy) is 1. The second-order valence-electron chi connectivity index (χ2n) is 9.01. The van der Waals surface area contributed by atoms with Crippen LogP contribution in [0.15, 0.2) is 24.3 Å². The van der Waals surface area contributed by atoms with Crippen LogP contribution in [-0.4, -0.2) is 66.9 Å². The number of carbonyl (C=O) groups is 1. The van der Waals surface area contributed by atoms with Gasteiger partial charge in [-0.2, -0.15) is 0 Å². The molecule has 1 saturated carbocycles. The molecule has 3 N–H and O–H groups in total. The van der Waals surface area contributed by atoms with Gasteiger partial charge in [0.1, 0.15) is 5.41 Å². The summed E-state index contributed by atoms with van der Waals surface area (Å²) in [4.78, 5) is 20.1. The second-order valence-corrected chi connectivity index (χ2v) is 9.01. The van der Waals surface area contributed by atoms with Gasteiger partial charge in [0.25, 0.3) is 0 Å². The van der Waals surface area contributed by atoms with Gasteiger partial charge in [-0.3, -0.25) is 9.69 Å². The smallest absolute Gasteiger partial charge is 0.233 e. The van der Waals surface area contributed by atoms with Crippen molar-refractivity contribution in [1.82, 2.24) is 15.2 Å². The molecule has 4 bridgehead atoms. The maximum atomic E-state index is 13.8. The third kappa shape index (κ3) is 2.84. The highest BCUT2D eigenvalue weighted by molar-refractivity contribution is 5.94. The number of nitrogens with zero attached hydrogens (tertiary/aromatic N) is 1. The lowest BCUT2D eigenvalue weighted by Gasteiger charge is -2.58. The van der Waals surface area contributed by atoms with Gasteiger partial charge in [0.2, 0.25) is 5.91 Å². The fourth-order valence-electron chi connectivity index (χ4n) is 6.60. The number of aromatic nitrogens is 1. The van der Waals surface area contributed by atoms with Crippen molar-refractivity contribution in [3.63, 3.8) is 0 Å². The van der Waals surface area contributed by atoms with Gasteiger partial charge in [0.05, 0.1) is 6.61 Å². The Morgan fingerprint density at radius 1 is 1.41 bits per heavy atom. The minimum Gasteiger partial charge on any atom is -0.395 e. The number of carbonyl (C=O) groups excluding carboxylic acids is 1. The summed E-state index contributed by atoms with van der Waals surface area (Å²) < 4.78 is 5.42. The number of hydrogen-bond acceptors (Lipinski definition) is 4. The average Bonchev–Trinajstić information content (AvgIpc) is 3.09. The lowest BCUT2D eigenvalue weighted by molar-refractivity contribution is -0.142. The second kappa shape index (κ2) is 7.42. The number of fused-ring (bicyclic) bond motifs is 4. The van der Waals surface area contributed by atoms with E-state index < -0.39 is 5.41 Å². The molecular formula is C23H31N3O3. The van der Waals surface area contributed by atoms with Crippen LogP contribution in [-0.2, 0) is 21.4 Å². The number of H-pyrrole nitrogens is 1. The molecule has 2 saturated heterocycles. The van der Waals surface area contributed by atoms with Crippen LogP contribution in [0, 0.1) is 11.8 Å². The predicted molar refractivity (Wildman–Crippen MR) is 112 cm³/mol.